The minimum absolute atomic E-state index is 0.341. The molecule has 0 heterocycles. The Morgan fingerprint density at radius 1 is 1.33 bits per heavy atom. The lowest BCUT2D eigenvalue weighted by molar-refractivity contribution is 0.575. The van der Waals surface area contributed by atoms with Crippen LogP contribution < -0.4 is 5.32 Å². The molecule has 0 aliphatic heterocycles. The lowest BCUT2D eigenvalue weighted by atomic mass is 10.2. The van der Waals surface area contributed by atoms with Crippen LogP contribution in [0, 0.1) is 11.6 Å². The standard InChI is InChI=1S/C12H15F2N/c1-9(2)5-6-15-8-10-7-11(13)3-4-12(10)14/h3-5,7,15H,6,8H2,1-2H3. The van der Waals surface area contributed by atoms with Crippen LogP contribution in [-0.4, -0.2) is 6.54 Å². The van der Waals surface area contributed by atoms with Gasteiger partial charge >= 0.3 is 0 Å². The first kappa shape index (κ1) is 11.9. The summed E-state index contributed by atoms with van der Waals surface area (Å²) in [5.41, 5.74) is 1.55. The van der Waals surface area contributed by atoms with E-state index >= 15 is 0 Å². The monoisotopic (exact) mass is 211 g/mol. The van der Waals surface area contributed by atoms with Gasteiger partial charge in [-0.1, -0.05) is 11.6 Å². The first-order valence-corrected chi connectivity index (χ1v) is 4.87. The van der Waals surface area contributed by atoms with Crippen LogP contribution >= 0.6 is 0 Å². The van der Waals surface area contributed by atoms with Gasteiger partial charge in [0.2, 0.25) is 0 Å². The van der Waals surface area contributed by atoms with Gasteiger partial charge in [0.05, 0.1) is 0 Å². The molecule has 3 heteroatoms. The normalized spacial score (nSPS) is 10.1. The van der Waals surface area contributed by atoms with E-state index in [1.807, 2.05) is 19.9 Å². The van der Waals surface area contributed by atoms with Gasteiger partial charge in [0.1, 0.15) is 11.6 Å². The summed E-state index contributed by atoms with van der Waals surface area (Å²) in [5, 5.41) is 3.02. The fourth-order valence-electron chi connectivity index (χ4n) is 1.16. The molecular weight excluding hydrogens is 196 g/mol. The van der Waals surface area contributed by atoms with Crippen molar-refractivity contribution in [2.45, 2.75) is 20.4 Å². The van der Waals surface area contributed by atoms with Gasteiger partial charge in [0, 0.05) is 18.7 Å². The Labute approximate surface area is 88.8 Å². The summed E-state index contributed by atoms with van der Waals surface area (Å²) >= 11 is 0. The molecule has 1 nitrogen and oxygen atoms in total. The van der Waals surface area contributed by atoms with Gasteiger partial charge in [-0.2, -0.15) is 0 Å². The maximum absolute atomic E-state index is 13.1. The highest BCUT2D eigenvalue weighted by Crippen LogP contribution is 2.08. The molecule has 0 aliphatic rings. The largest absolute Gasteiger partial charge is 0.309 e. The fraction of sp³-hybridized carbons (Fsp3) is 0.333. The predicted molar refractivity (Wildman–Crippen MR) is 57.5 cm³/mol. The van der Waals surface area contributed by atoms with Crippen LogP contribution in [0.4, 0.5) is 8.78 Å². The van der Waals surface area contributed by atoms with Crippen LogP contribution in [0.5, 0.6) is 0 Å². The molecule has 0 aliphatic carbocycles. The van der Waals surface area contributed by atoms with Gasteiger partial charge in [-0.3, -0.25) is 0 Å². The van der Waals surface area contributed by atoms with Gasteiger partial charge in [-0.05, 0) is 32.0 Å². The van der Waals surface area contributed by atoms with Crippen molar-refractivity contribution >= 4 is 0 Å². The molecule has 0 bridgehead atoms. The number of hydrogen-bond donors (Lipinski definition) is 1. The SMILES string of the molecule is CC(C)=CCNCc1cc(F)ccc1F. The molecule has 1 rings (SSSR count). The third kappa shape index (κ3) is 4.21. The zero-order chi connectivity index (χ0) is 11.3. The molecule has 0 atom stereocenters. The lowest BCUT2D eigenvalue weighted by Gasteiger charge is -2.04. The van der Waals surface area contributed by atoms with Gasteiger partial charge in [-0.25, -0.2) is 8.78 Å². The molecule has 1 N–H and O–H groups in total. The molecule has 1 aromatic carbocycles. The summed E-state index contributed by atoms with van der Waals surface area (Å²) in [6, 6.07) is 3.48. The van der Waals surface area contributed by atoms with Crippen molar-refractivity contribution in [1.82, 2.24) is 5.32 Å². The summed E-state index contributed by atoms with van der Waals surface area (Å²) < 4.78 is 25.9. The summed E-state index contributed by atoms with van der Waals surface area (Å²) in [4.78, 5) is 0. The maximum Gasteiger partial charge on any atom is 0.127 e. The second kappa shape index (κ2) is 5.61. The Morgan fingerprint density at radius 3 is 2.73 bits per heavy atom. The number of nitrogens with one attached hydrogen (secondary N) is 1. The summed E-state index contributed by atoms with van der Waals surface area (Å²) in [6.07, 6.45) is 2.00. The Morgan fingerprint density at radius 2 is 2.07 bits per heavy atom. The van der Waals surface area contributed by atoms with Gasteiger partial charge in [-0.15, -0.1) is 0 Å². The Kier molecular flexibility index (Phi) is 4.43. The van der Waals surface area contributed by atoms with Crippen molar-refractivity contribution in [1.29, 1.82) is 0 Å². The molecule has 0 amide bonds. The first-order valence-electron chi connectivity index (χ1n) is 4.87. The lowest BCUT2D eigenvalue weighted by Crippen LogP contribution is -2.14. The molecule has 0 saturated heterocycles. The number of hydrogen-bond acceptors (Lipinski definition) is 1. The van der Waals surface area contributed by atoms with Crippen LogP contribution in [0.3, 0.4) is 0 Å². The Balaban J connectivity index is 2.50. The number of halogens is 2. The quantitative estimate of drug-likeness (QED) is 0.596. The third-order valence-corrected chi connectivity index (χ3v) is 1.98. The van der Waals surface area contributed by atoms with Gasteiger partial charge in [0.25, 0.3) is 0 Å². The number of allylic oxidation sites excluding steroid dienone is 1. The maximum atomic E-state index is 13.1. The van der Waals surface area contributed by atoms with Gasteiger partial charge in [0.15, 0.2) is 0 Å². The van der Waals surface area contributed by atoms with Crippen molar-refractivity contribution < 1.29 is 8.78 Å². The second-order valence-corrected chi connectivity index (χ2v) is 3.65. The Hall–Kier alpha value is -1.22. The topological polar surface area (TPSA) is 12.0 Å². The minimum atomic E-state index is -0.407. The molecule has 0 aromatic heterocycles. The molecule has 0 spiro atoms. The zero-order valence-corrected chi connectivity index (χ0v) is 8.98. The highest BCUT2D eigenvalue weighted by Gasteiger charge is 2.02. The first-order chi connectivity index (χ1) is 7.09. The number of benzene rings is 1. The van der Waals surface area contributed by atoms with E-state index in [1.165, 1.54) is 11.6 Å². The summed E-state index contributed by atoms with van der Waals surface area (Å²) in [5.74, 6) is -0.781. The molecule has 0 fully saturated rings. The van der Waals surface area contributed by atoms with Crippen molar-refractivity contribution in [3.63, 3.8) is 0 Å². The van der Waals surface area contributed by atoms with E-state index in [0.29, 0.717) is 18.7 Å². The van der Waals surface area contributed by atoms with Crippen LogP contribution in [0.15, 0.2) is 29.8 Å². The van der Waals surface area contributed by atoms with Crippen molar-refractivity contribution in [2.24, 2.45) is 0 Å². The zero-order valence-electron chi connectivity index (χ0n) is 8.98. The predicted octanol–water partition coefficient (Wildman–Crippen LogP) is 3.02. The fourth-order valence-corrected chi connectivity index (χ4v) is 1.16. The van der Waals surface area contributed by atoms with Crippen LogP contribution in [-0.2, 0) is 6.54 Å². The Bertz CT molecular complexity index is 355. The summed E-state index contributed by atoms with van der Waals surface area (Å²) in [6.45, 7) is 4.99. The average molecular weight is 211 g/mol. The molecule has 82 valence electrons. The van der Waals surface area contributed by atoms with E-state index in [4.69, 9.17) is 0 Å². The van der Waals surface area contributed by atoms with Crippen molar-refractivity contribution in [3.05, 3.63) is 47.0 Å². The van der Waals surface area contributed by atoms with Crippen LogP contribution in [0.25, 0.3) is 0 Å². The van der Waals surface area contributed by atoms with E-state index in [0.717, 1.165) is 12.1 Å². The van der Waals surface area contributed by atoms with Gasteiger partial charge < -0.3 is 5.32 Å². The molecule has 0 radical (unpaired) electrons. The smallest absolute Gasteiger partial charge is 0.127 e. The third-order valence-electron chi connectivity index (χ3n) is 1.98. The van der Waals surface area contributed by atoms with E-state index in [2.05, 4.69) is 5.32 Å². The van der Waals surface area contributed by atoms with Crippen molar-refractivity contribution in [2.75, 3.05) is 6.54 Å². The highest BCUT2D eigenvalue weighted by atomic mass is 19.1. The van der Waals surface area contributed by atoms with E-state index in [-0.39, 0.29) is 5.82 Å². The molecule has 0 unspecified atom stereocenters. The van der Waals surface area contributed by atoms with Crippen LogP contribution in [0.2, 0.25) is 0 Å². The molecule has 0 saturated carbocycles. The average Bonchev–Trinajstić information content (AvgIpc) is 2.17. The van der Waals surface area contributed by atoms with E-state index in [9.17, 15) is 8.78 Å². The van der Waals surface area contributed by atoms with Crippen LogP contribution in [0.1, 0.15) is 19.4 Å². The van der Waals surface area contributed by atoms with Crippen molar-refractivity contribution in [3.8, 4) is 0 Å². The van der Waals surface area contributed by atoms with E-state index < -0.39 is 5.82 Å². The number of rotatable bonds is 4. The molecule has 15 heavy (non-hydrogen) atoms. The molecular formula is C12H15F2N. The minimum Gasteiger partial charge on any atom is -0.309 e. The van der Waals surface area contributed by atoms with E-state index in [1.54, 1.807) is 0 Å². The molecule has 1 aromatic rings. The second-order valence-electron chi connectivity index (χ2n) is 3.65. The highest BCUT2D eigenvalue weighted by molar-refractivity contribution is 5.18. The summed E-state index contributed by atoms with van der Waals surface area (Å²) in [7, 11) is 0.